The summed E-state index contributed by atoms with van der Waals surface area (Å²) in [6, 6.07) is 66.8. The van der Waals surface area contributed by atoms with Gasteiger partial charge >= 0.3 is 0 Å². The fraction of sp³-hybridized carbons (Fsp3) is 0. The van der Waals surface area contributed by atoms with Gasteiger partial charge in [0.15, 0.2) is 0 Å². The van der Waals surface area contributed by atoms with Crippen molar-refractivity contribution in [1.29, 1.82) is 0 Å². The van der Waals surface area contributed by atoms with Crippen LogP contribution in [0, 0.1) is 0 Å². The van der Waals surface area contributed by atoms with Crippen LogP contribution in [0.3, 0.4) is 0 Å². The summed E-state index contributed by atoms with van der Waals surface area (Å²) in [6.45, 7) is 0. The minimum absolute atomic E-state index is 1.00. The Morgan fingerprint density at radius 3 is 1.75 bits per heavy atom. The summed E-state index contributed by atoms with van der Waals surface area (Å²) in [5, 5.41) is 16.4. The molecule has 53 heavy (non-hydrogen) atoms. The molecule has 0 spiro atoms. The Kier molecular flexibility index (Phi) is 5.80. The molecule has 0 aliphatic carbocycles. The van der Waals surface area contributed by atoms with Gasteiger partial charge in [0.05, 0.1) is 16.6 Å². The molecule has 0 saturated carbocycles. The second-order valence-corrected chi connectivity index (χ2v) is 14.3. The van der Waals surface area contributed by atoms with E-state index < -0.39 is 0 Å². The number of fused-ring (bicyclic) bond motifs is 18. The van der Waals surface area contributed by atoms with E-state index in [1.54, 1.807) is 0 Å². The van der Waals surface area contributed by atoms with E-state index in [4.69, 9.17) is 4.98 Å². The molecule has 0 fully saturated rings. The van der Waals surface area contributed by atoms with E-state index in [0.29, 0.717) is 0 Å². The fourth-order valence-electron chi connectivity index (χ4n) is 9.17. The fourth-order valence-corrected chi connectivity index (χ4v) is 9.17. The predicted octanol–water partition coefficient (Wildman–Crippen LogP) is 13.9. The number of nitrogens with zero attached hydrogens (tertiary/aromatic N) is 2. The van der Waals surface area contributed by atoms with Crippen molar-refractivity contribution >= 4 is 92.2 Å². The zero-order valence-corrected chi connectivity index (χ0v) is 28.7. The standard InChI is InChI=1S/C51H30N2/c1-2-15-35-31(12-1)24-26-42-44-29-33(25-27-47(44)53-48-23-10-9-22-46(48)52-51(53)50(35)42)32-13-11-14-34(28-32)43-30-45-38-18-4-3-16-36(38)37-17-5-7-20-40(37)49(45)41-21-8-6-19-39(41)43/h1-30H. The minimum Gasteiger partial charge on any atom is -0.292 e. The van der Waals surface area contributed by atoms with Gasteiger partial charge in [0.1, 0.15) is 5.65 Å². The van der Waals surface area contributed by atoms with Crippen LogP contribution in [-0.2, 0) is 0 Å². The molecule has 0 amide bonds. The Morgan fingerprint density at radius 1 is 0.321 bits per heavy atom. The first-order valence-corrected chi connectivity index (χ1v) is 18.3. The smallest absolute Gasteiger partial charge is 0.147 e. The maximum atomic E-state index is 5.21. The van der Waals surface area contributed by atoms with E-state index in [1.807, 2.05) is 0 Å². The van der Waals surface area contributed by atoms with Crippen LogP contribution in [0.25, 0.3) is 114 Å². The molecule has 2 nitrogen and oxygen atoms in total. The van der Waals surface area contributed by atoms with Gasteiger partial charge in [-0.05, 0) is 118 Å². The number of aromatic nitrogens is 2. The topological polar surface area (TPSA) is 17.3 Å². The number of benzene rings is 10. The molecule has 0 saturated heterocycles. The molecule has 2 heterocycles. The molecule has 0 N–H and O–H groups in total. The van der Waals surface area contributed by atoms with Crippen LogP contribution >= 0.6 is 0 Å². The lowest BCUT2D eigenvalue weighted by atomic mass is 9.87. The van der Waals surface area contributed by atoms with E-state index in [9.17, 15) is 0 Å². The number of pyridine rings is 1. The van der Waals surface area contributed by atoms with E-state index >= 15 is 0 Å². The molecule has 12 rings (SSSR count). The third-order valence-electron chi connectivity index (χ3n) is 11.5. The number of hydrogen-bond donors (Lipinski definition) is 0. The van der Waals surface area contributed by atoms with Gasteiger partial charge in [-0.15, -0.1) is 0 Å². The first kappa shape index (κ1) is 28.6. The van der Waals surface area contributed by atoms with Crippen LogP contribution in [0.15, 0.2) is 182 Å². The van der Waals surface area contributed by atoms with Crippen LogP contribution in [0.2, 0.25) is 0 Å². The highest BCUT2D eigenvalue weighted by Gasteiger charge is 2.18. The average Bonchev–Trinajstić information content (AvgIpc) is 3.63. The second-order valence-electron chi connectivity index (χ2n) is 14.3. The number of para-hydroxylation sites is 2. The van der Waals surface area contributed by atoms with E-state index in [2.05, 4.69) is 186 Å². The predicted molar refractivity (Wildman–Crippen MR) is 226 cm³/mol. The van der Waals surface area contributed by atoms with Gasteiger partial charge in [-0.2, -0.15) is 0 Å². The van der Waals surface area contributed by atoms with Gasteiger partial charge < -0.3 is 0 Å². The monoisotopic (exact) mass is 670 g/mol. The van der Waals surface area contributed by atoms with Crippen LogP contribution in [0.1, 0.15) is 0 Å². The normalized spacial score (nSPS) is 12.2. The lowest BCUT2D eigenvalue weighted by Crippen LogP contribution is -1.93. The van der Waals surface area contributed by atoms with Crippen molar-refractivity contribution in [2.45, 2.75) is 0 Å². The lowest BCUT2D eigenvalue weighted by molar-refractivity contribution is 1.32. The van der Waals surface area contributed by atoms with Gasteiger partial charge in [0.2, 0.25) is 0 Å². The summed E-state index contributed by atoms with van der Waals surface area (Å²) in [5.74, 6) is 0. The molecule has 0 aliphatic rings. The van der Waals surface area contributed by atoms with Crippen LogP contribution < -0.4 is 0 Å². The highest BCUT2D eigenvalue weighted by Crippen LogP contribution is 2.44. The van der Waals surface area contributed by atoms with Crippen molar-refractivity contribution in [1.82, 2.24) is 9.38 Å². The molecule has 0 unspecified atom stereocenters. The van der Waals surface area contributed by atoms with Gasteiger partial charge in [-0.25, -0.2) is 4.98 Å². The van der Waals surface area contributed by atoms with Crippen molar-refractivity contribution in [3.63, 3.8) is 0 Å². The van der Waals surface area contributed by atoms with E-state index in [0.717, 1.165) is 22.2 Å². The summed E-state index contributed by atoms with van der Waals surface area (Å²) in [4.78, 5) is 5.21. The van der Waals surface area contributed by atoms with Crippen molar-refractivity contribution < 1.29 is 0 Å². The Labute approximate surface area is 304 Å². The van der Waals surface area contributed by atoms with Crippen molar-refractivity contribution in [2.75, 3.05) is 0 Å². The molecule has 244 valence electrons. The molecule has 0 atom stereocenters. The molecule has 2 aromatic heterocycles. The van der Waals surface area contributed by atoms with Gasteiger partial charge in [-0.1, -0.05) is 146 Å². The van der Waals surface area contributed by atoms with E-state index in [-0.39, 0.29) is 0 Å². The Morgan fingerprint density at radius 2 is 0.925 bits per heavy atom. The molecule has 0 aliphatic heterocycles. The Hall–Kier alpha value is -7.03. The van der Waals surface area contributed by atoms with E-state index in [1.165, 1.54) is 92.3 Å². The van der Waals surface area contributed by atoms with Gasteiger partial charge in [-0.3, -0.25) is 4.40 Å². The van der Waals surface area contributed by atoms with Crippen molar-refractivity contribution in [3.05, 3.63) is 182 Å². The second kappa shape index (κ2) is 10.7. The summed E-state index contributed by atoms with van der Waals surface area (Å²) in [6.07, 6.45) is 0. The quantitative estimate of drug-likeness (QED) is 0.167. The highest BCUT2D eigenvalue weighted by atomic mass is 15.0. The van der Waals surface area contributed by atoms with Crippen LogP contribution in [0.4, 0.5) is 0 Å². The SMILES string of the molecule is c1cc(-c2ccc3c(c2)c2ccc4ccccc4c2c2nc4ccccc4n32)cc(-c2cc3c4ccccc4c4ccccc4c3c3ccccc23)c1. The molecular formula is C51H30N2. The van der Waals surface area contributed by atoms with Gasteiger partial charge in [0, 0.05) is 10.8 Å². The molecule has 0 bridgehead atoms. The zero-order valence-electron chi connectivity index (χ0n) is 28.7. The number of rotatable bonds is 2. The summed E-state index contributed by atoms with van der Waals surface area (Å²) in [5.41, 5.74) is 9.15. The lowest BCUT2D eigenvalue weighted by Gasteiger charge is -2.17. The average molecular weight is 671 g/mol. The molecular weight excluding hydrogens is 641 g/mol. The first-order chi connectivity index (χ1) is 26.3. The van der Waals surface area contributed by atoms with Crippen molar-refractivity contribution in [2.24, 2.45) is 0 Å². The molecule has 2 heteroatoms. The van der Waals surface area contributed by atoms with Crippen molar-refractivity contribution in [3.8, 4) is 22.3 Å². The first-order valence-electron chi connectivity index (χ1n) is 18.3. The highest BCUT2D eigenvalue weighted by molar-refractivity contribution is 6.33. The van der Waals surface area contributed by atoms with Gasteiger partial charge in [0.25, 0.3) is 0 Å². The summed E-state index contributed by atoms with van der Waals surface area (Å²) >= 11 is 0. The maximum Gasteiger partial charge on any atom is 0.147 e. The number of imidazole rings is 1. The Bertz CT molecular complexity index is 3520. The number of hydrogen-bond acceptors (Lipinski definition) is 1. The molecule has 12 aromatic rings. The Balaban J connectivity index is 1.13. The van der Waals surface area contributed by atoms with Crippen LogP contribution in [0.5, 0.6) is 0 Å². The minimum atomic E-state index is 1.00. The third-order valence-corrected chi connectivity index (χ3v) is 11.5. The summed E-state index contributed by atoms with van der Waals surface area (Å²) < 4.78 is 2.36. The zero-order chi connectivity index (χ0) is 34.6. The third kappa shape index (κ3) is 4.01. The molecule has 0 radical (unpaired) electrons. The maximum absolute atomic E-state index is 5.21. The summed E-state index contributed by atoms with van der Waals surface area (Å²) in [7, 11) is 0. The van der Waals surface area contributed by atoms with Crippen LogP contribution in [-0.4, -0.2) is 9.38 Å². The largest absolute Gasteiger partial charge is 0.292 e. The molecule has 10 aromatic carbocycles.